The molecular formula is C13H19ClN4O. The smallest absolute Gasteiger partial charge is 0.101 e. The molecule has 1 N–H and O–H groups in total. The molecule has 0 saturated heterocycles. The van der Waals surface area contributed by atoms with E-state index in [2.05, 4.69) is 10.1 Å². The van der Waals surface area contributed by atoms with Crippen LogP contribution in [-0.2, 0) is 26.4 Å². The summed E-state index contributed by atoms with van der Waals surface area (Å²) in [6, 6.07) is 0. The largest absolute Gasteiger partial charge is 0.386 e. The zero-order chi connectivity index (χ0) is 14.0. The van der Waals surface area contributed by atoms with Crippen LogP contribution in [0.2, 0.25) is 5.02 Å². The third-order valence-electron chi connectivity index (χ3n) is 3.32. The fourth-order valence-corrected chi connectivity index (χ4v) is 2.57. The summed E-state index contributed by atoms with van der Waals surface area (Å²) in [6.45, 7) is 4.82. The average molecular weight is 283 g/mol. The third-order valence-corrected chi connectivity index (χ3v) is 3.75. The molecule has 6 heteroatoms. The van der Waals surface area contributed by atoms with Crippen molar-refractivity contribution in [2.75, 3.05) is 0 Å². The van der Waals surface area contributed by atoms with E-state index in [1.54, 1.807) is 17.2 Å². The number of aryl methyl sites for hydroxylation is 3. The normalized spacial score (nSPS) is 12.9. The van der Waals surface area contributed by atoms with Gasteiger partial charge >= 0.3 is 0 Å². The van der Waals surface area contributed by atoms with Crippen molar-refractivity contribution in [3.05, 3.63) is 34.6 Å². The monoisotopic (exact) mass is 282 g/mol. The fourth-order valence-electron chi connectivity index (χ4n) is 2.20. The Balaban J connectivity index is 2.24. The summed E-state index contributed by atoms with van der Waals surface area (Å²) >= 11 is 6.29. The van der Waals surface area contributed by atoms with Crippen molar-refractivity contribution in [2.45, 2.75) is 39.3 Å². The average Bonchev–Trinajstić information content (AvgIpc) is 2.97. The molecule has 0 radical (unpaired) electrons. The van der Waals surface area contributed by atoms with Crippen molar-refractivity contribution in [3.8, 4) is 0 Å². The van der Waals surface area contributed by atoms with Gasteiger partial charge in [-0.2, -0.15) is 5.10 Å². The molecule has 0 aliphatic carbocycles. The van der Waals surface area contributed by atoms with Gasteiger partial charge in [-0.25, -0.2) is 4.98 Å². The van der Waals surface area contributed by atoms with Gasteiger partial charge in [-0.1, -0.05) is 18.5 Å². The highest BCUT2D eigenvalue weighted by Gasteiger charge is 2.19. The second-order valence-electron chi connectivity index (χ2n) is 4.51. The number of aliphatic hydroxyl groups excluding tert-OH is 1. The SMILES string of the molecule is CCc1nn(C)c(CC(O)c2cncn2CC)c1Cl. The van der Waals surface area contributed by atoms with Crippen molar-refractivity contribution in [3.63, 3.8) is 0 Å². The number of aliphatic hydroxyl groups is 1. The molecule has 0 spiro atoms. The van der Waals surface area contributed by atoms with E-state index >= 15 is 0 Å². The van der Waals surface area contributed by atoms with Crippen molar-refractivity contribution in [2.24, 2.45) is 7.05 Å². The molecular weight excluding hydrogens is 264 g/mol. The van der Waals surface area contributed by atoms with Gasteiger partial charge in [0, 0.05) is 20.0 Å². The molecule has 0 aliphatic rings. The van der Waals surface area contributed by atoms with Gasteiger partial charge in [-0.15, -0.1) is 0 Å². The molecule has 2 heterocycles. The Bertz CT molecular complexity index is 561. The molecule has 5 nitrogen and oxygen atoms in total. The molecule has 1 atom stereocenters. The van der Waals surface area contributed by atoms with E-state index in [0.29, 0.717) is 11.4 Å². The topological polar surface area (TPSA) is 55.9 Å². The van der Waals surface area contributed by atoms with Crippen LogP contribution in [-0.4, -0.2) is 24.4 Å². The molecule has 0 amide bonds. The first-order valence-electron chi connectivity index (χ1n) is 6.46. The highest BCUT2D eigenvalue weighted by atomic mass is 35.5. The molecule has 19 heavy (non-hydrogen) atoms. The van der Waals surface area contributed by atoms with Crippen molar-refractivity contribution < 1.29 is 5.11 Å². The minimum atomic E-state index is -0.625. The van der Waals surface area contributed by atoms with Crippen LogP contribution in [0.3, 0.4) is 0 Å². The van der Waals surface area contributed by atoms with Crippen molar-refractivity contribution in [1.29, 1.82) is 0 Å². The van der Waals surface area contributed by atoms with Crippen LogP contribution >= 0.6 is 11.6 Å². The second kappa shape index (κ2) is 5.75. The van der Waals surface area contributed by atoms with E-state index in [1.807, 2.05) is 25.5 Å². The molecule has 2 aromatic rings. The number of imidazole rings is 1. The standard InChI is InChI=1S/C13H19ClN4O/c1-4-9-13(14)10(17(3)16-9)6-12(19)11-7-15-8-18(11)5-2/h7-8,12,19H,4-6H2,1-3H3. The van der Waals surface area contributed by atoms with Crippen molar-refractivity contribution >= 4 is 11.6 Å². The van der Waals surface area contributed by atoms with E-state index in [1.165, 1.54) is 0 Å². The molecule has 104 valence electrons. The molecule has 1 unspecified atom stereocenters. The molecule has 0 aliphatic heterocycles. The van der Waals surface area contributed by atoms with Gasteiger partial charge in [0.25, 0.3) is 0 Å². The second-order valence-corrected chi connectivity index (χ2v) is 4.89. The highest BCUT2D eigenvalue weighted by Crippen LogP contribution is 2.26. The summed E-state index contributed by atoms with van der Waals surface area (Å²) < 4.78 is 3.67. The van der Waals surface area contributed by atoms with Gasteiger partial charge in [0.2, 0.25) is 0 Å². The van der Waals surface area contributed by atoms with Gasteiger partial charge in [-0.05, 0) is 13.3 Å². The number of rotatable bonds is 5. The summed E-state index contributed by atoms with van der Waals surface area (Å²) in [4.78, 5) is 4.07. The molecule has 2 aromatic heterocycles. The first-order chi connectivity index (χ1) is 9.08. The maximum atomic E-state index is 10.3. The third kappa shape index (κ3) is 2.67. The van der Waals surface area contributed by atoms with E-state index in [0.717, 1.165) is 30.0 Å². The lowest BCUT2D eigenvalue weighted by molar-refractivity contribution is 0.166. The summed E-state index contributed by atoms with van der Waals surface area (Å²) in [5, 5.41) is 15.4. The molecule has 0 fully saturated rings. The zero-order valence-electron chi connectivity index (χ0n) is 11.5. The van der Waals surface area contributed by atoms with Gasteiger partial charge in [0.05, 0.1) is 34.6 Å². The number of hydrogen-bond donors (Lipinski definition) is 1. The summed E-state index contributed by atoms with van der Waals surface area (Å²) in [5.74, 6) is 0. The van der Waals surface area contributed by atoms with E-state index in [9.17, 15) is 5.11 Å². The lowest BCUT2D eigenvalue weighted by atomic mass is 10.1. The lowest BCUT2D eigenvalue weighted by Gasteiger charge is -2.13. The van der Waals surface area contributed by atoms with Crippen molar-refractivity contribution in [1.82, 2.24) is 19.3 Å². The Kier molecular flexibility index (Phi) is 4.27. The summed E-state index contributed by atoms with van der Waals surface area (Å²) in [7, 11) is 1.85. The van der Waals surface area contributed by atoms with Gasteiger partial charge in [0.15, 0.2) is 0 Å². The minimum absolute atomic E-state index is 0.439. The van der Waals surface area contributed by atoms with Gasteiger partial charge in [0.1, 0.15) is 6.10 Å². The Labute approximate surface area is 117 Å². The maximum Gasteiger partial charge on any atom is 0.101 e. The molecule has 0 bridgehead atoms. The summed E-state index contributed by atoms with van der Waals surface area (Å²) in [5.41, 5.74) is 2.53. The van der Waals surface area contributed by atoms with Crippen LogP contribution in [0.15, 0.2) is 12.5 Å². The van der Waals surface area contributed by atoms with Crippen LogP contribution < -0.4 is 0 Å². The number of aromatic nitrogens is 4. The maximum absolute atomic E-state index is 10.3. The molecule has 2 rings (SSSR count). The lowest BCUT2D eigenvalue weighted by Crippen LogP contribution is -2.11. The Hall–Kier alpha value is -1.33. The molecule has 0 aromatic carbocycles. The fraction of sp³-hybridized carbons (Fsp3) is 0.538. The van der Waals surface area contributed by atoms with Crippen LogP contribution in [0, 0.1) is 0 Å². The van der Waals surface area contributed by atoms with Crippen LogP contribution in [0.1, 0.15) is 37.0 Å². The van der Waals surface area contributed by atoms with Gasteiger partial charge < -0.3 is 9.67 Å². The number of nitrogens with zero attached hydrogens (tertiary/aromatic N) is 4. The quantitative estimate of drug-likeness (QED) is 0.914. The zero-order valence-corrected chi connectivity index (χ0v) is 12.2. The van der Waals surface area contributed by atoms with E-state index in [4.69, 9.17) is 11.6 Å². The van der Waals surface area contributed by atoms with Gasteiger partial charge in [-0.3, -0.25) is 4.68 Å². The predicted octanol–water partition coefficient (Wildman–Crippen LogP) is 2.13. The van der Waals surface area contributed by atoms with Crippen LogP contribution in [0.4, 0.5) is 0 Å². The summed E-state index contributed by atoms with van der Waals surface area (Å²) in [6.07, 6.45) is 4.02. The number of halogens is 1. The van der Waals surface area contributed by atoms with Crippen LogP contribution in [0.25, 0.3) is 0 Å². The first kappa shape index (κ1) is 14.1. The first-order valence-corrected chi connectivity index (χ1v) is 6.84. The van der Waals surface area contributed by atoms with Crippen LogP contribution in [0.5, 0.6) is 0 Å². The Morgan fingerprint density at radius 2 is 2.16 bits per heavy atom. The number of hydrogen-bond acceptors (Lipinski definition) is 3. The Morgan fingerprint density at radius 1 is 1.42 bits per heavy atom. The Morgan fingerprint density at radius 3 is 2.74 bits per heavy atom. The minimum Gasteiger partial charge on any atom is -0.386 e. The van der Waals surface area contributed by atoms with E-state index < -0.39 is 6.10 Å². The highest BCUT2D eigenvalue weighted by molar-refractivity contribution is 6.31. The predicted molar refractivity (Wildman–Crippen MR) is 74.2 cm³/mol. The molecule has 0 saturated carbocycles. The van der Waals surface area contributed by atoms with E-state index in [-0.39, 0.29) is 0 Å².